The summed E-state index contributed by atoms with van der Waals surface area (Å²) in [6.45, 7) is 27.2. The maximum absolute atomic E-state index is 18.3. The van der Waals surface area contributed by atoms with Gasteiger partial charge >= 0.3 is 15.8 Å². The lowest BCUT2D eigenvalue weighted by molar-refractivity contribution is 0.313. The molecular formula is C88H98NO6P2+. The highest BCUT2D eigenvalue weighted by atomic mass is 31.3. The molecule has 0 spiro atoms. The molecule has 2 heterocycles. The summed E-state index contributed by atoms with van der Waals surface area (Å²) in [5.41, 5.74) is 19.4. The highest BCUT2D eigenvalue weighted by Crippen LogP contribution is 2.72. The van der Waals surface area contributed by atoms with Crippen LogP contribution in [0, 0.1) is 23.7 Å². The number of benzene rings is 9. The van der Waals surface area contributed by atoms with Crippen molar-refractivity contribution in [2.75, 3.05) is 0 Å². The smallest absolute Gasteiger partial charge is 0.401 e. The van der Waals surface area contributed by atoms with Crippen LogP contribution in [0.15, 0.2) is 186 Å². The van der Waals surface area contributed by atoms with Crippen molar-refractivity contribution in [2.24, 2.45) is 23.7 Å². The van der Waals surface area contributed by atoms with Gasteiger partial charge in [0.2, 0.25) is 0 Å². The van der Waals surface area contributed by atoms with E-state index >= 15 is 9.46 Å². The fraction of sp³-hybridized carbons (Fsp3) is 0.364. The maximum atomic E-state index is 18.3. The first-order valence-electron chi connectivity index (χ1n) is 36.9. The molecule has 2 N–H and O–H groups in total. The molecule has 7 nitrogen and oxygen atoms in total. The third-order valence-electron chi connectivity index (χ3n) is 22.7. The molecule has 3 aliphatic carbocycles. The average Bonchev–Trinajstić information content (AvgIpc) is 1.67. The van der Waals surface area contributed by atoms with Gasteiger partial charge in [-0.25, -0.2) is 4.57 Å². The Labute approximate surface area is 577 Å². The van der Waals surface area contributed by atoms with E-state index in [0.29, 0.717) is 28.9 Å². The molecule has 9 aromatic rings. The number of rotatable bonds is 18. The Kier molecular flexibility index (Phi) is 18.8. The van der Waals surface area contributed by atoms with Gasteiger partial charge in [-0.2, -0.15) is 4.89 Å². The molecule has 500 valence electrons. The summed E-state index contributed by atoms with van der Waals surface area (Å²) in [5, 5.41) is 8.01. The van der Waals surface area contributed by atoms with Crippen molar-refractivity contribution >= 4 is 64.5 Å². The fourth-order valence-electron chi connectivity index (χ4n) is 17.8. The molecule has 2 aliphatic heterocycles. The maximum Gasteiger partial charge on any atom is 0.602 e. The zero-order valence-electron chi connectivity index (χ0n) is 59.3. The summed E-state index contributed by atoms with van der Waals surface area (Å²) in [7, 11) is -9.94. The zero-order chi connectivity index (χ0) is 67.6. The Hall–Kier alpha value is -7.50. The van der Waals surface area contributed by atoms with Crippen LogP contribution in [-0.2, 0) is 23.8 Å². The highest BCUT2D eigenvalue weighted by molar-refractivity contribution is 7.72. The largest absolute Gasteiger partial charge is 0.602 e. The van der Waals surface area contributed by atoms with Crippen LogP contribution in [0.5, 0.6) is 23.0 Å². The van der Waals surface area contributed by atoms with E-state index in [1.165, 1.54) is 50.1 Å². The minimum absolute atomic E-state index is 0.0626. The summed E-state index contributed by atoms with van der Waals surface area (Å²) >= 11 is 0. The van der Waals surface area contributed by atoms with Gasteiger partial charge in [-0.1, -0.05) is 245 Å². The Morgan fingerprint density at radius 3 is 1.47 bits per heavy atom. The normalized spacial score (nSPS) is 23.0. The molecule has 0 saturated heterocycles. The highest BCUT2D eigenvalue weighted by Gasteiger charge is 2.60. The molecule has 14 rings (SSSR count). The average molecular weight is 1330 g/mol. The van der Waals surface area contributed by atoms with Crippen LogP contribution in [0.4, 0.5) is 0 Å². The summed E-state index contributed by atoms with van der Waals surface area (Å²) < 4.78 is 49.7. The molecule has 0 saturated carbocycles. The number of aryl methyl sites for hydroxylation is 3. The van der Waals surface area contributed by atoms with Crippen molar-refractivity contribution in [1.82, 2.24) is 4.86 Å². The van der Waals surface area contributed by atoms with Gasteiger partial charge in [-0.15, -0.1) is 0 Å². The van der Waals surface area contributed by atoms with Gasteiger partial charge in [0, 0.05) is 61.2 Å². The number of hydrogen-bond acceptors (Lipinski definition) is 6. The van der Waals surface area contributed by atoms with E-state index in [9.17, 15) is 0 Å². The molecule has 7 unspecified atom stereocenters. The Morgan fingerprint density at radius 2 is 1.00 bits per heavy atom. The number of fused-ring (bicyclic) bond motifs is 14. The quantitative estimate of drug-likeness (QED) is 0.0654. The van der Waals surface area contributed by atoms with E-state index < -0.39 is 15.8 Å². The third kappa shape index (κ3) is 11.6. The summed E-state index contributed by atoms with van der Waals surface area (Å²) in [4.78, 5) is 18.5. The lowest BCUT2D eigenvalue weighted by Crippen LogP contribution is -2.28. The predicted molar refractivity (Wildman–Crippen MR) is 410 cm³/mol. The van der Waals surface area contributed by atoms with Gasteiger partial charge in [0.05, 0.1) is 0 Å². The van der Waals surface area contributed by atoms with Crippen molar-refractivity contribution in [2.45, 2.75) is 185 Å². The predicted octanol–water partition coefficient (Wildman–Crippen LogP) is 26.2. The minimum atomic E-state index is -5.07. The summed E-state index contributed by atoms with van der Waals surface area (Å²) in [6, 6.07) is 48.3. The van der Waals surface area contributed by atoms with Crippen LogP contribution in [0.2, 0.25) is 0 Å². The van der Waals surface area contributed by atoms with Crippen molar-refractivity contribution in [3.8, 4) is 56.4 Å². The second-order valence-electron chi connectivity index (χ2n) is 27.9. The molecule has 5 aliphatic rings. The first-order chi connectivity index (χ1) is 47.2. The van der Waals surface area contributed by atoms with E-state index in [1.807, 2.05) is 0 Å². The SMILES string of the molecule is CCC1=CC(CC)C(c2cc3ccccc3c3c2O[P+](O)(NP2(=O)Oc4c(C5=C(CC)C=C(CC)CC5CC)cc5ccccc5c4-c4c(c(-c5c(CC)cc(CC)cc5CC)cc5ccccc45)O2)Oc2c(C4C(CC)=C[C@H](CC)CC4CC)cc4ccccc4c2-3)C(CC)=C1. The van der Waals surface area contributed by atoms with Gasteiger partial charge in [0.15, 0.2) is 11.5 Å². The van der Waals surface area contributed by atoms with Crippen LogP contribution in [0.1, 0.15) is 199 Å². The van der Waals surface area contributed by atoms with Crippen LogP contribution in [0.25, 0.3) is 82.0 Å². The topological polar surface area (TPSA) is 86.3 Å². The third-order valence-corrected chi connectivity index (χ3v) is 26.4. The van der Waals surface area contributed by atoms with Crippen LogP contribution >= 0.6 is 15.8 Å². The Balaban J connectivity index is 1.12. The fourth-order valence-corrected chi connectivity index (χ4v) is 21.5. The summed E-state index contributed by atoms with van der Waals surface area (Å²) in [5.74, 6) is 2.64. The van der Waals surface area contributed by atoms with Crippen molar-refractivity contribution in [3.05, 3.63) is 219 Å². The molecular weight excluding hydrogens is 1230 g/mol. The van der Waals surface area contributed by atoms with E-state index in [-0.39, 0.29) is 29.6 Å². The summed E-state index contributed by atoms with van der Waals surface area (Å²) in [6.07, 6.45) is 22.3. The minimum Gasteiger partial charge on any atom is -0.401 e. The van der Waals surface area contributed by atoms with Crippen molar-refractivity contribution in [1.29, 1.82) is 0 Å². The number of nitrogens with one attached hydrogen (secondary N) is 1. The van der Waals surface area contributed by atoms with Gasteiger partial charge < -0.3 is 9.05 Å². The van der Waals surface area contributed by atoms with Crippen LogP contribution < -0.4 is 23.0 Å². The monoisotopic (exact) mass is 1330 g/mol. The van der Waals surface area contributed by atoms with Crippen LogP contribution in [0.3, 0.4) is 0 Å². The molecule has 9 heteroatoms. The van der Waals surface area contributed by atoms with E-state index in [4.69, 9.17) is 18.1 Å². The van der Waals surface area contributed by atoms with Crippen molar-refractivity contribution < 1.29 is 27.6 Å². The standard InChI is InChI=1S/C88H98NO6P2/c1-13-53-41-57(17-5)77(58(18-6)42-53)73-49-65-33-25-29-37-69(65)81-82-70-38-30-26-34-66(70)50-74(78-59(19-7)43-54(14-2)44-60(78)20-8)86(82)93-96(90,92-85(73)81)89-97(91)94-87-75(79-61(21-9)45-55(15-3)46-62(79)22-10)51-67-35-27-31-39-71(67)83(87)84-72-40-32-28-36-68(72)52-76(88(84)95-97)80-63(23-11)47-56(16-4)48-64(80)24-12/h25-43,45-47,49-52,54,57,60,64,77-78,90H,13-24,44,48H2,1-12H3,(H,89,91)/q+1/t54-,57?,60?,64?,77?,78?,96?,97?/m0/s1. The van der Waals surface area contributed by atoms with Crippen LogP contribution in [-0.4, -0.2) is 4.89 Å². The van der Waals surface area contributed by atoms with E-state index in [2.05, 4.69) is 246 Å². The molecule has 8 atom stereocenters. The lowest BCUT2D eigenvalue weighted by atomic mass is 9.68. The van der Waals surface area contributed by atoms with Crippen molar-refractivity contribution in [3.63, 3.8) is 0 Å². The second-order valence-corrected chi connectivity index (χ2v) is 31.5. The Bertz CT molecular complexity index is 4710. The molecule has 97 heavy (non-hydrogen) atoms. The molecule has 0 amide bonds. The van der Waals surface area contributed by atoms with Gasteiger partial charge in [0.25, 0.3) is 0 Å². The molecule has 0 fully saturated rings. The lowest BCUT2D eigenvalue weighted by Gasteiger charge is -2.37. The number of allylic oxidation sites excluding steroid dienone is 10. The molecule has 0 radical (unpaired) electrons. The molecule has 9 aromatic carbocycles. The molecule has 0 bridgehead atoms. The van der Waals surface area contributed by atoms with E-state index in [0.717, 1.165) is 183 Å². The van der Waals surface area contributed by atoms with Gasteiger partial charge in [-0.05, 0) is 208 Å². The first kappa shape index (κ1) is 66.7. The van der Waals surface area contributed by atoms with E-state index in [1.54, 1.807) is 0 Å². The van der Waals surface area contributed by atoms with Gasteiger partial charge in [-0.3, -0.25) is 9.05 Å². The molecule has 0 aromatic heterocycles. The van der Waals surface area contributed by atoms with Gasteiger partial charge in [0.1, 0.15) is 11.5 Å². The second kappa shape index (κ2) is 27.3. The number of hydrogen-bond donors (Lipinski definition) is 2. The Morgan fingerprint density at radius 1 is 0.485 bits per heavy atom. The zero-order valence-corrected chi connectivity index (χ0v) is 61.0. The first-order valence-corrected chi connectivity index (χ1v) is 40.1.